The highest BCUT2D eigenvalue weighted by Gasteiger charge is 2.68. The second-order valence-corrected chi connectivity index (χ2v) is 14.8. The number of rotatable bonds is 5. The summed E-state index contributed by atoms with van der Waals surface area (Å²) in [7, 11) is 0. The Bertz CT molecular complexity index is 661. The lowest BCUT2D eigenvalue weighted by Crippen LogP contribution is -2.62. The third-order valence-electron chi connectivity index (χ3n) is 12.4. The molecule has 1 nitrogen and oxygen atoms in total. The maximum Gasteiger partial charge on any atom is 0.0650 e. The standard InChI is InChI=1S/C30H54O/c1-21(2)11-9-18-30(8,31)23-14-19-28(6)22(23)12-13-25-27(5)17-10-16-26(3,4)24(27)15-20-29(25,28)7/h21-25,31H,9-20H2,1-8H3/t22-,23-,24+,25-,27+,28-,29-,30+/m1/s1. The van der Waals surface area contributed by atoms with Crippen LogP contribution >= 0.6 is 0 Å². The Morgan fingerprint density at radius 3 is 2.19 bits per heavy atom. The van der Waals surface area contributed by atoms with Gasteiger partial charge in [0.25, 0.3) is 0 Å². The summed E-state index contributed by atoms with van der Waals surface area (Å²) >= 11 is 0. The van der Waals surface area contributed by atoms with Gasteiger partial charge in [0, 0.05) is 0 Å². The van der Waals surface area contributed by atoms with Crippen molar-refractivity contribution in [1.29, 1.82) is 0 Å². The van der Waals surface area contributed by atoms with Crippen molar-refractivity contribution in [3.05, 3.63) is 0 Å². The fourth-order valence-electron chi connectivity index (χ4n) is 10.6. The average Bonchev–Trinajstić information content (AvgIpc) is 3.00. The maximum absolute atomic E-state index is 11.7. The summed E-state index contributed by atoms with van der Waals surface area (Å²) in [6.45, 7) is 20.1. The summed E-state index contributed by atoms with van der Waals surface area (Å²) in [6, 6.07) is 0. The van der Waals surface area contributed by atoms with Crippen molar-refractivity contribution in [2.45, 2.75) is 138 Å². The summed E-state index contributed by atoms with van der Waals surface area (Å²) < 4.78 is 0. The van der Waals surface area contributed by atoms with E-state index in [0.29, 0.717) is 27.6 Å². The minimum atomic E-state index is -0.478. The first kappa shape index (κ1) is 24.1. The molecule has 1 heteroatoms. The Morgan fingerprint density at radius 1 is 0.839 bits per heavy atom. The van der Waals surface area contributed by atoms with E-state index in [9.17, 15) is 5.11 Å². The molecule has 4 fully saturated rings. The van der Waals surface area contributed by atoms with Gasteiger partial charge in [0.2, 0.25) is 0 Å². The molecule has 0 aromatic rings. The van der Waals surface area contributed by atoms with E-state index in [-0.39, 0.29) is 0 Å². The molecule has 0 saturated heterocycles. The highest BCUT2D eigenvalue weighted by atomic mass is 16.3. The van der Waals surface area contributed by atoms with E-state index in [0.717, 1.165) is 30.1 Å². The molecule has 0 aromatic carbocycles. The zero-order valence-electron chi connectivity index (χ0n) is 22.3. The van der Waals surface area contributed by atoms with E-state index in [2.05, 4.69) is 55.4 Å². The molecular weight excluding hydrogens is 376 g/mol. The second-order valence-electron chi connectivity index (χ2n) is 14.8. The molecule has 0 spiro atoms. The lowest BCUT2D eigenvalue weighted by atomic mass is 9.35. The molecule has 0 amide bonds. The van der Waals surface area contributed by atoms with Crippen molar-refractivity contribution in [3.63, 3.8) is 0 Å². The lowest BCUT2D eigenvalue weighted by molar-refractivity contribution is -0.208. The van der Waals surface area contributed by atoms with Crippen LogP contribution in [0.2, 0.25) is 0 Å². The summed E-state index contributed by atoms with van der Waals surface area (Å²) in [5, 5.41) is 11.7. The molecule has 4 aliphatic rings. The van der Waals surface area contributed by atoms with Crippen molar-refractivity contribution >= 4 is 0 Å². The predicted molar refractivity (Wildman–Crippen MR) is 133 cm³/mol. The van der Waals surface area contributed by atoms with E-state index in [4.69, 9.17) is 0 Å². The van der Waals surface area contributed by atoms with Crippen molar-refractivity contribution in [2.75, 3.05) is 0 Å². The van der Waals surface area contributed by atoms with E-state index in [1.807, 2.05) is 0 Å². The van der Waals surface area contributed by atoms with Gasteiger partial charge < -0.3 is 5.11 Å². The van der Waals surface area contributed by atoms with Crippen LogP contribution in [0.5, 0.6) is 0 Å². The Balaban J connectivity index is 1.59. The Kier molecular flexibility index (Phi) is 6.02. The van der Waals surface area contributed by atoms with Crippen LogP contribution in [0, 0.1) is 51.2 Å². The van der Waals surface area contributed by atoms with Gasteiger partial charge in [-0.3, -0.25) is 0 Å². The molecule has 31 heavy (non-hydrogen) atoms. The van der Waals surface area contributed by atoms with Gasteiger partial charge in [0.15, 0.2) is 0 Å². The van der Waals surface area contributed by atoms with E-state index in [1.54, 1.807) is 0 Å². The molecule has 0 unspecified atom stereocenters. The molecule has 0 radical (unpaired) electrons. The summed E-state index contributed by atoms with van der Waals surface area (Å²) in [5.74, 6) is 3.76. The SMILES string of the molecule is CC(C)CCC[C@](C)(O)[C@@H]1CC[C@]2(C)[C@@H]1CC[C@@H]1[C@@]3(C)CCCC(C)(C)[C@@H]3CC[C@]12C. The van der Waals surface area contributed by atoms with Crippen molar-refractivity contribution < 1.29 is 5.11 Å². The topological polar surface area (TPSA) is 20.2 Å². The third-order valence-corrected chi connectivity index (χ3v) is 12.4. The minimum Gasteiger partial charge on any atom is -0.390 e. The average molecular weight is 431 g/mol. The quantitative estimate of drug-likeness (QED) is 0.462. The van der Waals surface area contributed by atoms with Gasteiger partial charge in [-0.15, -0.1) is 0 Å². The molecule has 4 aliphatic carbocycles. The molecule has 0 aliphatic heterocycles. The molecule has 8 atom stereocenters. The van der Waals surface area contributed by atoms with Crippen LogP contribution in [0.15, 0.2) is 0 Å². The molecule has 0 heterocycles. The number of aliphatic hydroxyl groups is 1. The molecule has 4 saturated carbocycles. The van der Waals surface area contributed by atoms with Gasteiger partial charge in [-0.25, -0.2) is 0 Å². The van der Waals surface area contributed by atoms with Crippen LogP contribution in [-0.2, 0) is 0 Å². The minimum absolute atomic E-state index is 0.415. The highest BCUT2D eigenvalue weighted by molar-refractivity contribution is 5.17. The lowest BCUT2D eigenvalue weighted by Gasteiger charge is -2.69. The Labute approximate surface area is 194 Å². The molecule has 0 aromatic heterocycles. The summed E-state index contributed by atoms with van der Waals surface area (Å²) in [6.07, 6.45) is 16.0. The first-order chi connectivity index (χ1) is 14.3. The summed E-state index contributed by atoms with van der Waals surface area (Å²) in [5.41, 5.74) is 1.44. The Morgan fingerprint density at radius 2 is 1.52 bits per heavy atom. The van der Waals surface area contributed by atoms with Gasteiger partial charge in [-0.05, 0) is 116 Å². The van der Waals surface area contributed by atoms with Crippen LogP contribution < -0.4 is 0 Å². The molecule has 0 bridgehead atoms. The number of fused-ring (bicyclic) bond motifs is 5. The van der Waals surface area contributed by atoms with Gasteiger partial charge in [-0.2, -0.15) is 0 Å². The van der Waals surface area contributed by atoms with Gasteiger partial charge >= 0.3 is 0 Å². The fraction of sp³-hybridized carbons (Fsp3) is 1.00. The smallest absolute Gasteiger partial charge is 0.0650 e. The number of hydrogen-bond donors (Lipinski definition) is 1. The van der Waals surface area contributed by atoms with Crippen molar-refractivity contribution in [1.82, 2.24) is 0 Å². The van der Waals surface area contributed by atoms with Crippen LogP contribution in [-0.4, -0.2) is 10.7 Å². The number of hydrogen-bond acceptors (Lipinski definition) is 1. The fourth-order valence-corrected chi connectivity index (χ4v) is 10.6. The molecule has 180 valence electrons. The van der Waals surface area contributed by atoms with Crippen LogP contribution in [0.3, 0.4) is 0 Å². The first-order valence-electron chi connectivity index (χ1n) is 14.0. The zero-order valence-corrected chi connectivity index (χ0v) is 22.3. The van der Waals surface area contributed by atoms with Gasteiger partial charge in [0.1, 0.15) is 0 Å². The largest absolute Gasteiger partial charge is 0.390 e. The van der Waals surface area contributed by atoms with Crippen LogP contribution in [0.4, 0.5) is 0 Å². The van der Waals surface area contributed by atoms with Crippen LogP contribution in [0.1, 0.15) is 132 Å². The monoisotopic (exact) mass is 430 g/mol. The van der Waals surface area contributed by atoms with E-state index >= 15 is 0 Å². The second kappa shape index (κ2) is 7.74. The predicted octanol–water partition coefficient (Wildman–Crippen LogP) is 8.64. The van der Waals surface area contributed by atoms with Crippen LogP contribution in [0.25, 0.3) is 0 Å². The van der Waals surface area contributed by atoms with Crippen molar-refractivity contribution in [2.24, 2.45) is 51.2 Å². The molecule has 4 rings (SSSR count). The van der Waals surface area contributed by atoms with E-state index in [1.165, 1.54) is 70.6 Å². The molecule has 1 N–H and O–H groups in total. The normalized spacial score (nSPS) is 48.6. The summed E-state index contributed by atoms with van der Waals surface area (Å²) in [4.78, 5) is 0. The zero-order chi connectivity index (χ0) is 22.9. The highest BCUT2D eigenvalue weighted by Crippen LogP contribution is 2.75. The van der Waals surface area contributed by atoms with E-state index < -0.39 is 5.60 Å². The van der Waals surface area contributed by atoms with Gasteiger partial charge in [-0.1, -0.05) is 67.7 Å². The Hall–Kier alpha value is -0.0400. The van der Waals surface area contributed by atoms with Gasteiger partial charge in [0.05, 0.1) is 5.60 Å². The maximum atomic E-state index is 11.7. The third kappa shape index (κ3) is 3.57. The first-order valence-corrected chi connectivity index (χ1v) is 14.0. The van der Waals surface area contributed by atoms with Crippen molar-refractivity contribution in [3.8, 4) is 0 Å². The molecular formula is C30H54O.